The van der Waals surface area contributed by atoms with Gasteiger partial charge in [-0.05, 0) is 47.2 Å². The van der Waals surface area contributed by atoms with E-state index in [-0.39, 0.29) is 0 Å². The Balaban J connectivity index is 1.95. The zero-order valence-electron chi connectivity index (χ0n) is 12.3. The molecule has 1 fully saturated rings. The molecule has 1 saturated heterocycles. The maximum Gasteiger partial charge on any atom is 0.0540 e. The molecule has 2 heterocycles. The van der Waals surface area contributed by atoms with Gasteiger partial charge in [0.2, 0.25) is 0 Å². The van der Waals surface area contributed by atoms with Crippen molar-refractivity contribution in [2.75, 3.05) is 13.6 Å². The number of nitrogens with zero attached hydrogens (tertiary/aromatic N) is 3. The minimum Gasteiger partial charge on any atom is -0.307 e. The van der Waals surface area contributed by atoms with Gasteiger partial charge in [0.05, 0.1) is 6.20 Å². The van der Waals surface area contributed by atoms with Gasteiger partial charge in [-0.25, -0.2) is 0 Å². The largest absolute Gasteiger partial charge is 0.307 e. The third kappa shape index (κ3) is 2.75. The van der Waals surface area contributed by atoms with E-state index in [4.69, 9.17) is 0 Å². The Morgan fingerprint density at radius 1 is 1.44 bits per heavy atom. The molecule has 0 saturated carbocycles. The smallest absolute Gasteiger partial charge is 0.0540 e. The minimum absolute atomic E-state index is 0.388. The highest BCUT2D eigenvalue weighted by Crippen LogP contribution is 2.21. The van der Waals surface area contributed by atoms with Gasteiger partial charge in [0, 0.05) is 36.4 Å². The summed E-state index contributed by atoms with van der Waals surface area (Å²) in [4.78, 5) is 2.44. The standard InChI is InChI=1S/C14H26N4/c1-10-8-13(6-7-17(10)4)16-11(2)14-9-15-18(5)12(14)3/h9-11,13,16H,6-8H2,1-5H3. The molecule has 0 bridgehead atoms. The molecule has 4 heteroatoms. The van der Waals surface area contributed by atoms with Crippen LogP contribution in [0.2, 0.25) is 0 Å². The van der Waals surface area contributed by atoms with Crippen LogP contribution in [0, 0.1) is 6.92 Å². The van der Waals surface area contributed by atoms with Crippen molar-refractivity contribution < 1.29 is 0 Å². The van der Waals surface area contributed by atoms with E-state index < -0.39 is 0 Å². The molecule has 3 atom stereocenters. The Labute approximate surface area is 110 Å². The molecule has 1 aliphatic heterocycles. The van der Waals surface area contributed by atoms with Gasteiger partial charge in [-0.2, -0.15) is 5.10 Å². The molecule has 1 aromatic rings. The van der Waals surface area contributed by atoms with E-state index in [9.17, 15) is 0 Å². The van der Waals surface area contributed by atoms with E-state index >= 15 is 0 Å². The average molecular weight is 250 g/mol. The second-order valence-corrected chi connectivity index (χ2v) is 5.75. The summed E-state index contributed by atoms with van der Waals surface area (Å²) in [5.74, 6) is 0. The fourth-order valence-corrected chi connectivity index (χ4v) is 2.82. The topological polar surface area (TPSA) is 33.1 Å². The van der Waals surface area contributed by atoms with Crippen LogP contribution in [0.15, 0.2) is 6.20 Å². The van der Waals surface area contributed by atoms with Crippen LogP contribution in [0.25, 0.3) is 0 Å². The van der Waals surface area contributed by atoms with Crippen molar-refractivity contribution in [1.82, 2.24) is 20.0 Å². The van der Waals surface area contributed by atoms with Crippen LogP contribution in [0.1, 0.15) is 44.0 Å². The second kappa shape index (κ2) is 5.41. The molecular formula is C14H26N4. The molecule has 3 unspecified atom stereocenters. The molecule has 1 N–H and O–H groups in total. The van der Waals surface area contributed by atoms with Gasteiger partial charge < -0.3 is 10.2 Å². The van der Waals surface area contributed by atoms with Crippen molar-refractivity contribution in [1.29, 1.82) is 0 Å². The first kappa shape index (κ1) is 13.6. The predicted octanol–water partition coefficient (Wildman–Crippen LogP) is 1.86. The summed E-state index contributed by atoms with van der Waals surface area (Å²) in [6.07, 6.45) is 4.47. The molecule has 2 rings (SSSR count). The Bertz CT molecular complexity index is 398. The van der Waals surface area contributed by atoms with E-state index in [1.807, 2.05) is 17.9 Å². The van der Waals surface area contributed by atoms with Gasteiger partial charge in [0.1, 0.15) is 0 Å². The lowest BCUT2D eigenvalue weighted by Gasteiger charge is -2.36. The van der Waals surface area contributed by atoms with Gasteiger partial charge >= 0.3 is 0 Å². The van der Waals surface area contributed by atoms with Crippen LogP contribution >= 0.6 is 0 Å². The number of likely N-dealkylation sites (tertiary alicyclic amines) is 1. The number of hydrogen-bond acceptors (Lipinski definition) is 3. The fourth-order valence-electron chi connectivity index (χ4n) is 2.82. The molecule has 102 valence electrons. The Hall–Kier alpha value is -0.870. The number of piperidine rings is 1. The highest BCUT2D eigenvalue weighted by molar-refractivity contribution is 5.19. The second-order valence-electron chi connectivity index (χ2n) is 5.75. The van der Waals surface area contributed by atoms with E-state index in [0.717, 1.165) is 0 Å². The first-order chi connectivity index (χ1) is 8.49. The summed E-state index contributed by atoms with van der Waals surface area (Å²) >= 11 is 0. The molecule has 1 aromatic heterocycles. The molecule has 0 aliphatic carbocycles. The van der Waals surface area contributed by atoms with E-state index in [1.54, 1.807) is 0 Å². The summed E-state index contributed by atoms with van der Waals surface area (Å²) in [5.41, 5.74) is 2.58. The zero-order chi connectivity index (χ0) is 13.3. The molecule has 0 spiro atoms. The van der Waals surface area contributed by atoms with E-state index in [1.165, 1.54) is 30.6 Å². The number of aromatic nitrogens is 2. The maximum absolute atomic E-state index is 4.33. The van der Waals surface area contributed by atoms with Crippen molar-refractivity contribution in [3.05, 3.63) is 17.5 Å². The van der Waals surface area contributed by atoms with Crippen molar-refractivity contribution in [3.63, 3.8) is 0 Å². The summed E-state index contributed by atoms with van der Waals surface area (Å²) in [6, 6.07) is 1.70. The number of nitrogens with one attached hydrogen (secondary N) is 1. The summed E-state index contributed by atoms with van der Waals surface area (Å²) in [6.45, 7) is 7.89. The quantitative estimate of drug-likeness (QED) is 0.889. The summed E-state index contributed by atoms with van der Waals surface area (Å²) in [7, 11) is 4.22. The molecule has 0 radical (unpaired) electrons. The summed E-state index contributed by atoms with van der Waals surface area (Å²) in [5, 5.41) is 8.09. The third-order valence-corrected chi connectivity index (χ3v) is 4.43. The number of aryl methyl sites for hydroxylation is 1. The molecular weight excluding hydrogens is 224 g/mol. The molecule has 1 aliphatic rings. The van der Waals surface area contributed by atoms with Crippen LogP contribution in [0.4, 0.5) is 0 Å². The lowest BCUT2D eigenvalue weighted by atomic mass is 9.97. The third-order valence-electron chi connectivity index (χ3n) is 4.43. The zero-order valence-corrected chi connectivity index (χ0v) is 12.3. The molecule has 0 amide bonds. The lowest BCUT2D eigenvalue weighted by Crippen LogP contribution is -2.46. The fraction of sp³-hybridized carbons (Fsp3) is 0.786. The molecule has 0 aromatic carbocycles. The SMILES string of the molecule is Cc1c(C(C)NC2CCN(C)C(C)C2)cnn1C. The average Bonchev–Trinajstić information content (AvgIpc) is 2.65. The van der Waals surface area contributed by atoms with Crippen molar-refractivity contribution in [2.45, 2.75) is 51.7 Å². The van der Waals surface area contributed by atoms with Crippen molar-refractivity contribution in [3.8, 4) is 0 Å². The number of hydrogen-bond donors (Lipinski definition) is 1. The monoisotopic (exact) mass is 250 g/mol. The van der Waals surface area contributed by atoms with E-state index in [0.29, 0.717) is 18.1 Å². The minimum atomic E-state index is 0.388. The van der Waals surface area contributed by atoms with Gasteiger partial charge in [0.15, 0.2) is 0 Å². The van der Waals surface area contributed by atoms with E-state index in [2.05, 4.69) is 43.1 Å². The Morgan fingerprint density at radius 2 is 2.17 bits per heavy atom. The van der Waals surface area contributed by atoms with Crippen molar-refractivity contribution >= 4 is 0 Å². The van der Waals surface area contributed by atoms with Crippen molar-refractivity contribution in [2.24, 2.45) is 7.05 Å². The van der Waals surface area contributed by atoms with Crippen LogP contribution in [0.5, 0.6) is 0 Å². The molecule has 18 heavy (non-hydrogen) atoms. The highest BCUT2D eigenvalue weighted by Gasteiger charge is 2.24. The maximum atomic E-state index is 4.33. The van der Waals surface area contributed by atoms with Crippen LogP contribution in [-0.2, 0) is 7.05 Å². The van der Waals surface area contributed by atoms with Gasteiger partial charge in [-0.15, -0.1) is 0 Å². The normalized spacial score (nSPS) is 27.4. The highest BCUT2D eigenvalue weighted by atomic mass is 15.3. The summed E-state index contributed by atoms with van der Waals surface area (Å²) < 4.78 is 1.95. The predicted molar refractivity (Wildman–Crippen MR) is 74.6 cm³/mol. The lowest BCUT2D eigenvalue weighted by molar-refractivity contribution is 0.163. The molecule has 4 nitrogen and oxygen atoms in total. The van der Waals surface area contributed by atoms with Gasteiger partial charge in [0.25, 0.3) is 0 Å². The first-order valence-corrected chi connectivity index (χ1v) is 6.93. The van der Waals surface area contributed by atoms with Gasteiger partial charge in [-0.1, -0.05) is 0 Å². The van der Waals surface area contributed by atoms with Crippen LogP contribution in [0.3, 0.4) is 0 Å². The Kier molecular flexibility index (Phi) is 4.07. The van der Waals surface area contributed by atoms with Gasteiger partial charge in [-0.3, -0.25) is 4.68 Å². The number of rotatable bonds is 3. The first-order valence-electron chi connectivity index (χ1n) is 6.93. The Morgan fingerprint density at radius 3 is 2.72 bits per heavy atom. The van der Waals surface area contributed by atoms with Crippen LogP contribution < -0.4 is 5.32 Å². The van der Waals surface area contributed by atoms with Crippen LogP contribution in [-0.4, -0.2) is 40.4 Å².